The molecule has 118 valence electrons. The van der Waals surface area contributed by atoms with Crippen molar-refractivity contribution in [1.29, 1.82) is 0 Å². The van der Waals surface area contributed by atoms with Crippen molar-refractivity contribution in [3.8, 4) is 0 Å². The maximum Gasteiger partial charge on any atom is 0.254 e. The van der Waals surface area contributed by atoms with E-state index in [2.05, 4.69) is 16.9 Å². The third-order valence-corrected chi connectivity index (χ3v) is 3.44. The molecule has 0 saturated heterocycles. The second-order valence-corrected chi connectivity index (χ2v) is 5.17. The van der Waals surface area contributed by atoms with Crippen LogP contribution in [0.15, 0.2) is 71.8 Å². The van der Waals surface area contributed by atoms with Crippen molar-refractivity contribution in [2.45, 2.75) is 13.3 Å². The fraction of sp³-hybridized carbons (Fsp3) is 0.118. The van der Waals surface area contributed by atoms with Crippen LogP contribution in [0.4, 0.5) is 4.39 Å². The first-order valence-corrected chi connectivity index (χ1v) is 7.09. The molecule has 0 aliphatic carbocycles. The van der Waals surface area contributed by atoms with E-state index in [1.165, 1.54) is 12.1 Å². The number of halogens is 1. The van der Waals surface area contributed by atoms with Crippen molar-refractivity contribution in [2.75, 3.05) is 0 Å². The Bertz CT molecular complexity index is 742. The number of ether oxygens (including phenoxy) is 1. The normalized spacial score (nSPS) is 20.0. The van der Waals surface area contributed by atoms with Crippen LogP contribution in [0.25, 0.3) is 5.70 Å². The van der Waals surface area contributed by atoms with Gasteiger partial charge in [0.1, 0.15) is 12.1 Å². The molecular formula is C17H17FN4O. The Labute approximate surface area is 133 Å². The molecular weight excluding hydrogens is 295 g/mol. The number of rotatable bonds is 4. The van der Waals surface area contributed by atoms with Crippen LogP contribution in [-0.2, 0) is 4.74 Å². The number of hydrogen-bond donors (Lipinski definition) is 2. The zero-order valence-corrected chi connectivity index (χ0v) is 12.7. The van der Waals surface area contributed by atoms with Gasteiger partial charge in [-0.15, -0.1) is 0 Å². The number of fused-ring (bicyclic) bond motifs is 1. The Balaban J connectivity index is 1.98. The molecule has 0 fully saturated rings. The Morgan fingerprint density at radius 1 is 1.43 bits per heavy atom. The van der Waals surface area contributed by atoms with Gasteiger partial charge in [-0.2, -0.15) is 0 Å². The zero-order chi connectivity index (χ0) is 16.4. The molecule has 23 heavy (non-hydrogen) atoms. The summed E-state index contributed by atoms with van der Waals surface area (Å²) < 4.78 is 18.6. The third kappa shape index (κ3) is 2.96. The highest BCUT2D eigenvalue weighted by Gasteiger charge is 2.34. The number of nitrogens with zero attached hydrogens (tertiary/aromatic N) is 2. The zero-order valence-electron chi connectivity index (χ0n) is 12.7. The molecule has 1 aromatic rings. The minimum atomic E-state index is -0.324. The first-order valence-electron chi connectivity index (χ1n) is 7.09. The van der Waals surface area contributed by atoms with Gasteiger partial charge in [-0.3, -0.25) is 4.90 Å². The van der Waals surface area contributed by atoms with Gasteiger partial charge < -0.3 is 15.8 Å². The molecule has 1 aromatic carbocycles. The minimum Gasteiger partial charge on any atom is -0.458 e. The van der Waals surface area contributed by atoms with E-state index in [1.54, 1.807) is 37.6 Å². The number of allylic oxidation sites excluding steroid dienone is 1. The number of hydrogen-bond acceptors (Lipinski definition) is 4. The molecule has 1 unspecified atom stereocenters. The minimum absolute atomic E-state index is 0.281. The monoisotopic (exact) mass is 312 g/mol. The van der Waals surface area contributed by atoms with Crippen molar-refractivity contribution < 1.29 is 9.13 Å². The predicted octanol–water partition coefficient (Wildman–Crippen LogP) is 2.63. The van der Waals surface area contributed by atoms with E-state index in [9.17, 15) is 4.39 Å². The summed E-state index contributed by atoms with van der Waals surface area (Å²) in [6, 6.07) is 6.26. The molecule has 0 radical (unpaired) electrons. The van der Waals surface area contributed by atoms with Gasteiger partial charge >= 0.3 is 0 Å². The summed E-state index contributed by atoms with van der Waals surface area (Å²) in [5, 5.41) is 3.26. The first-order chi connectivity index (χ1) is 11.1. The van der Waals surface area contributed by atoms with Crippen molar-refractivity contribution in [2.24, 2.45) is 10.7 Å². The Morgan fingerprint density at radius 3 is 2.87 bits per heavy atom. The lowest BCUT2D eigenvalue weighted by atomic mass is 10.1. The van der Waals surface area contributed by atoms with E-state index in [0.717, 1.165) is 22.5 Å². The highest BCUT2D eigenvalue weighted by atomic mass is 19.1. The average molecular weight is 312 g/mol. The fourth-order valence-corrected chi connectivity index (χ4v) is 2.42. The largest absolute Gasteiger partial charge is 0.458 e. The average Bonchev–Trinajstić information content (AvgIpc) is 3.07. The standard InChI is InChI=1S/C17H17FN4O/c1-11(7-8-20-12(2)19)16-15(13-3-5-14(18)6-4-13)21-17-22(16)9-10-23-17/h3-10,17,21H,1H2,2H3,(H2,19,20)/b8-7-. The van der Waals surface area contributed by atoms with Crippen molar-refractivity contribution >= 4 is 11.5 Å². The molecule has 0 spiro atoms. The summed E-state index contributed by atoms with van der Waals surface area (Å²) in [6.07, 6.45) is 6.47. The molecule has 0 saturated carbocycles. The number of amidine groups is 1. The molecule has 2 aliphatic heterocycles. The predicted molar refractivity (Wildman–Crippen MR) is 87.9 cm³/mol. The van der Waals surface area contributed by atoms with Gasteiger partial charge in [0, 0.05) is 18.0 Å². The number of nitrogens with one attached hydrogen (secondary N) is 1. The van der Waals surface area contributed by atoms with E-state index in [4.69, 9.17) is 10.5 Å². The summed E-state index contributed by atoms with van der Waals surface area (Å²) in [5.41, 5.74) is 8.77. The van der Waals surface area contributed by atoms with Gasteiger partial charge in [0.2, 0.25) is 0 Å². The number of nitrogens with two attached hydrogens (primary N) is 1. The molecule has 1 atom stereocenters. The lowest BCUT2D eigenvalue weighted by Crippen LogP contribution is -2.31. The second kappa shape index (κ2) is 6.00. The smallest absolute Gasteiger partial charge is 0.254 e. The second-order valence-electron chi connectivity index (χ2n) is 5.17. The maximum absolute atomic E-state index is 13.2. The molecule has 0 amide bonds. The third-order valence-electron chi connectivity index (χ3n) is 3.44. The van der Waals surface area contributed by atoms with Crippen LogP contribution in [0.2, 0.25) is 0 Å². The molecule has 2 heterocycles. The lowest BCUT2D eigenvalue weighted by molar-refractivity contribution is 0.0767. The topological polar surface area (TPSA) is 62.9 Å². The summed E-state index contributed by atoms with van der Waals surface area (Å²) >= 11 is 0. The van der Waals surface area contributed by atoms with E-state index in [-0.39, 0.29) is 12.2 Å². The van der Waals surface area contributed by atoms with Gasteiger partial charge in [0.25, 0.3) is 6.35 Å². The van der Waals surface area contributed by atoms with Crippen molar-refractivity contribution in [3.05, 3.63) is 78.2 Å². The van der Waals surface area contributed by atoms with Crippen LogP contribution in [0.3, 0.4) is 0 Å². The van der Waals surface area contributed by atoms with E-state index >= 15 is 0 Å². The Hall–Kier alpha value is -3.02. The van der Waals surface area contributed by atoms with Gasteiger partial charge in [-0.25, -0.2) is 9.38 Å². The molecule has 6 heteroatoms. The van der Waals surface area contributed by atoms with Crippen LogP contribution in [0.5, 0.6) is 0 Å². The van der Waals surface area contributed by atoms with E-state index < -0.39 is 0 Å². The van der Waals surface area contributed by atoms with Gasteiger partial charge in [-0.05, 0) is 42.8 Å². The molecule has 0 bridgehead atoms. The van der Waals surface area contributed by atoms with Gasteiger partial charge in [0.15, 0.2) is 0 Å². The first kappa shape index (κ1) is 14.9. The van der Waals surface area contributed by atoms with Gasteiger partial charge in [0.05, 0.1) is 17.2 Å². The number of aliphatic imine (C=N–C) groups is 1. The van der Waals surface area contributed by atoms with Crippen LogP contribution >= 0.6 is 0 Å². The molecule has 3 N–H and O–H groups in total. The van der Waals surface area contributed by atoms with E-state index in [1.807, 2.05) is 11.1 Å². The summed E-state index contributed by atoms with van der Waals surface area (Å²) in [5.74, 6) is 0.186. The highest BCUT2D eigenvalue weighted by molar-refractivity contribution is 5.78. The van der Waals surface area contributed by atoms with Crippen LogP contribution in [0.1, 0.15) is 12.5 Å². The molecule has 5 nitrogen and oxygen atoms in total. The van der Waals surface area contributed by atoms with Crippen molar-refractivity contribution in [1.82, 2.24) is 10.2 Å². The van der Waals surface area contributed by atoms with Crippen LogP contribution in [0, 0.1) is 5.82 Å². The summed E-state index contributed by atoms with van der Waals surface area (Å²) in [7, 11) is 0. The van der Waals surface area contributed by atoms with Gasteiger partial charge in [-0.1, -0.05) is 6.58 Å². The highest BCUT2D eigenvalue weighted by Crippen LogP contribution is 2.35. The van der Waals surface area contributed by atoms with E-state index in [0.29, 0.717) is 5.84 Å². The SMILES string of the molecule is C=C(/C=C\N=C(\C)N)C1=C(c2ccc(F)cc2)NC2OC=CN12. The Morgan fingerprint density at radius 2 is 2.17 bits per heavy atom. The summed E-state index contributed by atoms with van der Waals surface area (Å²) in [4.78, 5) is 5.94. The Kier molecular flexibility index (Phi) is 3.89. The van der Waals surface area contributed by atoms with Crippen LogP contribution in [-0.4, -0.2) is 17.1 Å². The van der Waals surface area contributed by atoms with Crippen LogP contribution < -0.4 is 11.1 Å². The quantitative estimate of drug-likeness (QED) is 0.510. The molecule has 0 aromatic heterocycles. The summed E-state index contributed by atoms with van der Waals surface area (Å²) in [6.45, 7) is 5.80. The molecule has 2 aliphatic rings. The fourth-order valence-electron chi connectivity index (χ4n) is 2.42. The van der Waals surface area contributed by atoms with Crippen molar-refractivity contribution in [3.63, 3.8) is 0 Å². The molecule has 3 rings (SSSR count). The maximum atomic E-state index is 13.2. The number of benzene rings is 1. The lowest BCUT2D eigenvalue weighted by Gasteiger charge is -2.17.